The number of piperidine rings is 1. The summed E-state index contributed by atoms with van der Waals surface area (Å²) < 4.78 is 5.09. The monoisotopic (exact) mass is 351 g/mol. The minimum Gasteiger partial charge on any atom is -0.356 e. The van der Waals surface area contributed by atoms with Crippen molar-refractivity contribution in [2.75, 3.05) is 6.54 Å². The second-order valence-corrected chi connectivity index (χ2v) is 5.74. The van der Waals surface area contributed by atoms with E-state index in [2.05, 4.69) is 25.8 Å². The maximum atomic E-state index is 12.0. The van der Waals surface area contributed by atoms with Crippen LogP contribution in [-0.4, -0.2) is 33.5 Å². The van der Waals surface area contributed by atoms with Gasteiger partial charge in [0.2, 0.25) is 11.8 Å². The van der Waals surface area contributed by atoms with Crippen molar-refractivity contribution < 1.29 is 14.1 Å². The summed E-state index contributed by atoms with van der Waals surface area (Å²) in [6, 6.07) is 1.27. The second-order valence-electron chi connectivity index (χ2n) is 5.33. The first-order chi connectivity index (χ1) is 11.5. The lowest BCUT2D eigenvalue weighted by Gasteiger charge is -2.18. The summed E-state index contributed by atoms with van der Waals surface area (Å²) in [5, 5.41) is 9.12. The number of hydrogen-bond acceptors (Lipinski definition) is 6. The van der Waals surface area contributed by atoms with Gasteiger partial charge in [-0.25, -0.2) is 0 Å². The van der Waals surface area contributed by atoms with E-state index in [1.54, 1.807) is 0 Å². The lowest BCUT2D eigenvalue weighted by molar-refractivity contribution is -0.122. The topological polar surface area (TPSA) is 130 Å². The molecule has 1 atom stereocenters. The van der Waals surface area contributed by atoms with Gasteiger partial charge >= 0.3 is 0 Å². The molecule has 0 aromatic carbocycles. The van der Waals surface area contributed by atoms with Crippen LogP contribution in [0.15, 0.2) is 21.6 Å². The number of pyridine rings is 1. The number of carbonyl (C=O) groups is 2. The van der Waals surface area contributed by atoms with E-state index in [1.165, 1.54) is 12.3 Å². The molecule has 3 rings (SSSR count). The normalized spacial score (nSPS) is 17.4. The van der Waals surface area contributed by atoms with Gasteiger partial charge in [-0.2, -0.15) is 4.98 Å². The minimum absolute atomic E-state index is 0.0293. The van der Waals surface area contributed by atoms with Crippen molar-refractivity contribution in [2.24, 2.45) is 0 Å². The van der Waals surface area contributed by atoms with Gasteiger partial charge in [0.25, 0.3) is 11.5 Å². The molecule has 0 spiro atoms. The van der Waals surface area contributed by atoms with Crippen molar-refractivity contribution in [3.8, 4) is 0 Å². The van der Waals surface area contributed by atoms with E-state index in [0.29, 0.717) is 18.8 Å². The third-order valence-corrected chi connectivity index (χ3v) is 3.90. The molecule has 3 N–H and O–H groups in total. The Balaban J connectivity index is 1.60. The van der Waals surface area contributed by atoms with Crippen molar-refractivity contribution in [1.29, 1.82) is 0 Å². The Morgan fingerprint density at radius 2 is 2.29 bits per heavy atom. The summed E-state index contributed by atoms with van der Waals surface area (Å²) in [5.74, 6) is 0.136. The van der Waals surface area contributed by atoms with Crippen LogP contribution in [0.3, 0.4) is 0 Å². The molecule has 2 aromatic rings. The fourth-order valence-electron chi connectivity index (χ4n) is 2.35. The van der Waals surface area contributed by atoms with Crippen LogP contribution in [-0.2, 0) is 11.3 Å². The summed E-state index contributed by atoms with van der Waals surface area (Å²) in [4.78, 5) is 41.1. The first-order valence-corrected chi connectivity index (χ1v) is 7.66. The van der Waals surface area contributed by atoms with Gasteiger partial charge in [-0.1, -0.05) is 16.8 Å². The highest BCUT2D eigenvalue weighted by Gasteiger charge is 2.25. The first-order valence-electron chi connectivity index (χ1n) is 7.28. The quantitative estimate of drug-likeness (QED) is 0.728. The zero-order chi connectivity index (χ0) is 17.1. The van der Waals surface area contributed by atoms with Crippen molar-refractivity contribution in [3.05, 3.63) is 44.9 Å². The van der Waals surface area contributed by atoms with Crippen molar-refractivity contribution in [3.63, 3.8) is 0 Å². The average molecular weight is 352 g/mol. The number of carbonyl (C=O) groups excluding carboxylic acids is 2. The van der Waals surface area contributed by atoms with E-state index >= 15 is 0 Å². The summed E-state index contributed by atoms with van der Waals surface area (Å²) in [7, 11) is 0. The molecule has 2 aromatic heterocycles. The first kappa shape index (κ1) is 16.2. The molecule has 24 heavy (non-hydrogen) atoms. The maximum Gasteiger partial charge on any atom is 0.266 e. The number of nitrogens with one attached hydrogen (secondary N) is 3. The van der Waals surface area contributed by atoms with E-state index in [0.717, 1.165) is 6.42 Å². The van der Waals surface area contributed by atoms with Gasteiger partial charge in [0.05, 0.1) is 12.1 Å². The number of aromatic nitrogens is 3. The summed E-state index contributed by atoms with van der Waals surface area (Å²) in [5.41, 5.74) is -0.255. The molecular formula is C14H14ClN5O4. The number of nitrogens with zero attached hydrogens (tertiary/aromatic N) is 2. The van der Waals surface area contributed by atoms with Crippen LogP contribution >= 0.6 is 11.6 Å². The van der Waals surface area contributed by atoms with Gasteiger partial charge in [0.15, 0.2) is 5.82 Å². The molecule has 1 unspecified atom stereocenters. The number of rotatable bonds is 4. The molecule has 1 aliphatic heterocycles. The summed E-state index contributed by atoms with van der Waals surface area (Å²) >= 11 is 5.68. The number of H-pyrrole nitrogens is 1. The second kappa shape index (κ2) is 6.83. The Morgan fingerprint density at radius 3 is 3.04 bits per heavy atom. The SMILES string of the molecule is O=C1CC(c2noc(CNC(=O)c3c[nH]c(=O)c(Cl)c3)n2)CCN1. The van der Waals surface area contributed by atoms with Crippen molar-refractivity contribution in [1.82, 2.24) is 25.8 Å². The van der Waals surface area contributed by atoms with Crippen LogP contribution in [0.4, 0.5) is 0 Å². The van der Waals surface area contributed by atoms with Crippen molar-refractivity contribution >= 4 is 23.4 Å². The van der Waals surface area contributed by atoms with Crippen LogP contribution in [0.5, 0.6) is 0 Å². The molecule has 1 fully saturated rings. The van der Waals surface area contributed by atoms with Crippen LogP contribution in [0.2, 0.25) is 5.02 Å². The Hall–Kier alpha value is -2.68. The van der Waals surface area contributed by atoms with E-state index in [-0.39, 0.29) is 34.8 Å². The highest BCUT2D eigenvalue weighted by atomic mass is 35.5. The molecule has 0 saturated carbocycles. The maximum absolute atomic E-state index is 12.0. The molecule has 1 aliphatic rings. The zero-order valence-corrected chi connectivity index (χ0v) is 13.2. The highest BCUT2D eigenvalue weighted by Crippen LogP contribution is 2.22. The van der Waals surface area contributed by atoms with E-state index in [4.69, 9.17) is 16.1 Å². The van der Waals surface area contributed by atoms with Gasteiger partial charge in [-0.15, -0.1) is 0 Å². The summed E-state index contributed by atoms with van der Waals surface area (Å²) in [6.07, 6.45) is 2.33. The number of amides is 2. The molecule has 1 saturated heterocycles. The van der Waals surface area contributed by atoms with Gasteiger partial charge in [-0.05, 0) is 12.5 Å². The molecule has 0 radical (unpaired) electrons. The van der Waals surface area contributed by atoms with Gasteiger partial charge in [0.1, 0.15) is 5.02 Å². The standard InChI is InChI=1S/C14H14ClN5O4/c15-9-3-8(5-17-14(9)23)13(22)18-6-11-19-12(20-24-11)7-1-2-16-10(21)4-7/h3,5,7H,1-2,4,6H2,(H,16,21)(H,17,23)(H,18,22). The van der Waals surface area contributed by atoms with E-state index in [9.17, 15) is 14.4 Å². The third-order valence-electron chi connectivity index (χ3n) is 3.62. The molecular weight excluding hydrogens is 338 g/mol. The highest BCUT2D eigenvalue weighted by molar-refractivity contribution is 6.30. The Kier molecular flexibility index (Phi) is 4.61. The molecule has 0 aliphatic carbocycles. The largest absolute Gasteiger partial charge is 0.356 e. The number of halogens is 1. The predicted octanol–water partition coefficient (Wildman–Crippen LogP) is 0.335. The Bertz CT molecular complexity index is 831. The van der Waals surface area contributed by atoms with Gasteiger partial charge in [-0.3, -0.25) is 14.4 Å². The number of hydrogen-bond donors (Lipinski definition) is 3. The molecule has 2 amide bonds. The third kappa shape index (κ3) is 3.62. The Labute approximate surface area is 140 Å². The lowest BCUT2D eigenvalue weighted by atomic mass is 9.97. The van der Waals surface area contributed by atoms with E-state index < -0.39 is 11.5 Å². The Morgan fingerprint density at radius 1 is 1.46 bits per heavy atom. The molecule has 3 heterocycles. The van der Waals surface area contributed by atoms with Crippen LogP contribution in [0.1, 0.15) is 40.8 Å². The van der Waals surface area contributed by atoms with Crippen LogP contribution in [0, 0.1) is 0 Å². The van der Waals surface area contributed by atoms with Gasteiger partial charge in [0, 0.05) is 25.1 Å². The summed E-state index contributed by atoms with van der Waals surface area (Å²) in [6.45, 7) is 0.610. The number of aromatic amines is 1. The van der Waals surface area contributed by atoms with Crippen molar-refractivity contribution in [2.45, 2.75) is 25.3 Å². The minimum atomic E-state index is -0.466. The van der Waals surface area contributed by atoms with E-state index in [1.807, 2.05) is 0 Å². The molecule has 9 nitrogen and oxygen atoms in total. The molecule has 0 bridgehead atoms. The molecule has 10 heteroatoms. The fourth-order valence-corrected chi connectivity index (χ4v) is 2.53. The zero-order valence-electron chi connectivity index (χ0n) is 12.5. The average Bonchev–Trinajstić information content (AvgIpc) is 3.04. The lowest BCUT2D eigenvalue weighted by Crippen LogP contribution is -2.32. The fraction of sp³-hybridized carbons (Fsp3) is 0.357. The molecule has 126 valence electrons. The predicted molar refractivity (Wildman–Crippen MR) is 82.5 cm³/mol. The van der Waals surface area contributed by atoms with Crippen LogP contribution in [0.25, 0.3) is 0 Å². The van der Waals surface area contributed by atoms with Gasteiger partial charge < -0.3 is 20.1 Å². The smallest absolute Gasteiger partial charge is 0.266 e. The van der Waals surface area contributed by atoms with Crippen LogP contribution < -0.4 is 16.2 Å².